The van der Waals surface area contributed by atoms with Gasteiger partial charge in [-0.25, -0.2) is 0 Å². The second-order valence-electron chi connectivity index (χ2n) is 8.63. The molecule has 2 heteroatoms. The van der Waals surface area contributed by atoms with E-state index >= 15 is 0 Å². The first-order chi connectivity index (χ1) is 9.85. The molecule has 0 aromatic heterocycles. The van der Waals surface area contributed by atoms with E-state index in [0.717, 1.165) is 11.8 Å². The molecular formula is C19H38N2. The zero-order valence-electron chi connectivity index (χ0n) is 14.8. The third-order valence-electron chi connectivity index (χ3n) is 7.32. The number of hydrogen-bond acceptors (Lipinski definition) is 2. The van der Waals surface area contributed by atoms with Gasteiger partial charge < -0.3 is 11.5 Å². The van der Waals surface area contributed by atoms with Crippen molar-refractivity contribution in [1.82, 2.24) is 0 Å². The van der Waals surface area contributed by atoms with Crippen molar-refractivity contribution >= 4 is 0 Å². The fourth-order valence-electron chi connectivity index (χ4n) is 5.58. The van der Waals surface area contributed by atoms with Crippen LogP contribution >= 0.6 is 0 Å². The molecule has 2 saturated carbocycles. The molecule has 0 amide bonds. The van der Waals surface area contributed by atoms with Crippen molar-refractivity contribution in [3.05, 3.63) is 0 Å². The minimum Gasteiger partial charge on any atom is -0.328 e. The number of nitrogens with two attached hydrogens (primary N) is 2. The van der Waals surface area contributed by atoms with E-state index in [4.69, 9.17) is 11.5 Å². The summed E-state index contributed by atoms with van der Waals surface area (Å²) >= 11 is 0. The molecule has 2 unspecified atom stereocenters. The van der Waals surface area contributed by atoms with E-state index in [2.05, 4.69) is 27.7 Å². The monoisotopic (exact) mass is 294 g/mol. The van der Waals surface area contributed by atoms with Gasteiger partial charge in [-0.05, 0) is 80.5 Å². The first-order valence-electron chi connectivity index (χ1n) is 9.37. The van der Waals surface area contributed by atoms with Gasteiger partial charge in [-0.2, -0.15) is 0 Å². The fourth-order valence-corrected chi connectivity index (χ4v) is 5.58. The van der Waals surface area contributed by atoms with E-state index in [1.807, 2.05) is 0 Å². The van der Waals surface area contributed by atoms with Gasteiger partial charge in [-0.15, -0.1) is 0 Å². The quantitative estimate of drug-likeness (QED) is 0.804. The van der Waals surface area contributed by atoms with Crippen molar-refractivity contribution < 1.29 is 0 Å². The maximum absolute atomic E-state index is 6.38. The van der Waals surface area contributed by atoms with Crippen LogP contribution in [0.4, 0.5) is 0 Å². The Kier molecular flexibility index (Phi) is 5.41. The summed E-state index contributed by atoms with van der Waals surface area (Å²) in [5, 5.41) is 0. The minimum absolute atomic E-state index is 0.309. The second-order valence-corrected chi connectivity index (χ2v) is 8.63. The van der Waals surface area contributed by atoms with Crippen LogP contribution in [0, 0.1) is 22.7 Å². The Bertz CT molecular complexity index is 324. The molecule has 0 bridgehead atoms. The highest BCUT2D eigenvalue weighted by atomic mass is 14.7. The van der Waals surface area contributed by atoms with Crippen molar-refractivity contribution in [2.24, 2.45) is 34.1 Å². The smallest absolute Gasteiger partial charge is 0.00904 e. The lowest BCUT2D eigenvalue weighted by molar-refractivity contribution is -0.0215. The maximum Gasteiger partial charge on any atom is 0.00904 e. The SMILES string of the molecule is CCC(CC)(C1CCC(N)CC1)C1CCC(N)C(C)(C)C1. The van der Waals surface area contributed by atoms with Crippen LogP contribution in [0.5, 0.6) is 0 Å². The first kappa shape index (κ1) is 17.3. The molecule has 0 aromatic carbocycles. The summed E-state index contributed by atoms with van der Waals surface area (Å²) in [7, 11) is 0. The van der Waals surface area contributed by atoms with Crippen LogP contribution < -0.4 is 11.5 Å². The summed E-state index contributed by atoms with van der Waals surface area (Å²) in [5.74, 6) is 1.75. The Balaban J connectivity index is 2.17. The molecule has 0 aliphatic heterocycles. The second kappa shape index (κ2) is 6.58. The highest BCUT2D eigenvalue weighted by molar-refractivity contribution is 4.99. The zero-order chi connectivity index (χ0) is 15.7. The van der Waals surface area contributed by atoms with Crippen LogP contribution in [-0.2, 0) is 0 Å². The van der Waals surface area contributed by atoms with E-state index < -0.39 is 0 Å². The molecule has 2 atom stereocenters. The lowest BCUT2D eigenvalue weighted by Crippen LogP contribution is -2.49. The molecule has 2 aliphatic carbocycles. The highest BCUT2D eigenvalue weighted by Crippen LogP contribution is 2.55. The Hall–Kier alpha value is -0.0800. The Labute approximate surface area is 132 Å². The largest absolute Gasteiger partial charge is 0.328 e. The minimum atomic E-state index is 0.309. The van der Waals surface area contributed by atoms with Crippen LogP contribution in [0.3, 0.4) is 0 Å². The molecule has 2 aliphatic rings. The van der Waals surface area contributed by atoms with E-state index in [-0.39, 0.29) is 0 Å². The van der Waals surface area contributed by atoms with E-state index in [9.17, 15) is 0 Å². The summed E-state index contributed by atoms with van der Waals surface area (Å²) in [5.41, 5.74) is 13.4. The first-order valence-corrected chi connectivity index (χ1v) is 9.37. The summed E-state index contributed by atoms with van der Waals surface area (Å²) in [6, 6.07) is 0.851. The topological polar surface area (TPSA) is 52.0 Å². The van der Waals surface area contributed by atoms with Gasteiger partial charge in [-0.3, -0.25) is 0 Å². The standard InChI is InChI=1S/C19H38N2/c1-5-19(6-2,14-7-10-16(20)11-8-14)15-9-12-17(21)18(3,4)13-15/h14-17H,5-13,20-21H2,1-4H3. The number of hydrogen-bond donors (Lipinski definition) is 2. The molecule has 4 N–H and O–H groups in total. The predicted octanol–water partition coefficient (Wildman–Crippen LogP) is 4.46. The van der Waals surface area contributed by atoms with Gasteiger partial charge in [0.05, 0.1) is 0 Å². The normalized spacial score (nSPS) is 37.4. The average Bonchev–Trinajstić information content (AvgIpc) is 2.46. The lowest BCUT2D eigenvalue weighted by atomic mass is 9.53. The van der Waals surface area contributed by atoms with Gasteiger partial charge in [-0.1, -0.05) is 27.7 Å². The van der Waals surface area contributed by atoms with Crippen LogP contribution in [0.1, 0.15) is 85.5 Å². The van der Waals surface area contributed by atoms with Crippen LogP contribution in [-0.4, -0.2) is 12.1 Å². The van der Waals surface area contributed by atoms with Crippen molar-refractivity contribution in [2.45, 2.75) is 97.6 Å². The van der Waals surface area contributed by atoms with Gasteiger partial charge in [0.15, 0.2) is 0 Å². The Morgan fingerprint density at radius 3 is 1.86 bits per heavy atom. The molecule has 2 rings (SSSR count). The molecular weight excluding hydrogens is 256 g/mol. The maximum atomic E-state index is 6.38. The molecule has 124 valence electrons. The van der Waals surface area contributed by atoms with Gasteiger partial charge in [0, 0.05) is 12.1 Å². The van der Waals surface area contributed by atoms with E-state index in [1.165, 1.54) is 57.8 Å². The molecule has 0 radical (unpaired) electrons. The third-order valence-corrected chi connectivity index (χ3v) is 7.32. The predicted molar refractivity (Wildman–Crippen MR) is 92.0 cm³/mol. The highest BCUT2D eigenvalue weighted by Gasteiger charge is 2.47. The van der Waals surface area contributed by atoms with Crippen LogP contribution in [0.2, 0.25) is 0 Å². The third kappa shape index (κ3) is 3.32. The van der Waals surface area contributed by atoms with E-state index in [1.54, 1.807) is 0 Å². The summed E-state index contributed by atoms with van der Waals surface area (Å²) < 4.78 is 0. The fraction of sp³-hybridized carbons (Fsp3) is 1.00. The molecule has 2 fully saturated rings. The lowest BCUT2D eigenvalue weighted by Gasteiger charge is -2.53. The summed E-state index contributed by atoms with van der Waals surface area (Å²) in [6.45, 7) is 9.63. The van der Waals surface area contributed by atoms with Gasteiger partial charge in [0.1, 0.15) is 0 Å². The van der Waals surface area contributed by atoms with E-state index in [0.29, 0.717) is 22.9 Å². The molecule has 0 saturated heterocycles. The Morgan fingerprint density at radius 1 is 0.857 bits per heavy atom. The summed E-state index contributed by atoms with van der Waals surface area (Å²) in [6.07, 6.45) is 11.7. The van der Waals surface area contributed by atoms with Crippen molar-refractivity contribution in [2.75, 3.05) is 0 Å². The van der Waals surface area contributed by atoms with Gasteiger partial charge >= 0.3 is 0 Å². The van der Waals surface area contributed by atoms with Crippen molar-refractivity contribution in [3.8, 4) is 0 Å². The molecule has 2 nitrogen and oxygen atoms in total. The zero-order valence-corrected chi connectivity index (χ0v) is 14.8. The van der Waals surface area contributed by atoms with Crippen molar-refractivity contribution in [3.63, 3.8) is 0 Å². The molecule has 21 heavy (non-hydrogen) atoms. The number of rotatable bonds is 4. The van der Waals surface area contributed by atoms with Gasteiger partial charge in [0.25, 0.3) is 0 Å². The van der Waals surface area contributed by atoms with Crippen LogP contribution in [0.25, 0.3) is 0 Å². The van der Waals surface area contributed by atoms with Gasteiger partial charge in [0.2, 0.25) is 0 Å². The Morgan fingerprint density at radius 2 is 1.38 bits per heavy atom. The molecule has 0 heterocycles. The average molecular weight is 295 g/mol. The molecule has 0 spiro atoms. The molecule has 0 aromatic rings. The summed E-state index contributed by atoms with van der Waals surface area (Å²) in [4.78, 5) is 0. The van der Waals surface area contributed by atoms with Crippen LogP contribution in [0.15, 0.2) is 0 Å². The van der Waals surface area contributed by atoms with Crippen molar-refractivity contribution in [1.29, 1.82) is 0 Å².